The minimum atomic E-state index is -1.88. The number of esters is 1. The average Bonchev–Trinajstić information content (AvgIpc) is 2.90. The highest BCUT2D eigenvalue weighted by molar-refractivity contribution is 5.86. The normalized spacial score (nSPS) is 48.0. The van der Waals surface area contributed by atoms with Crippen molar-refractivity contribution in [2.24, 2.45) is 35.5 Å². The van der Waals surface area contributed by atoms with E-state index >= 15 is 0 Å². The number of carbonyl (C=O) groups is 1. The van der Waals surface area contributed by atoms with Crippen LogP contribution in [0.15, 0.2) is 0 Å². The Labute approximate surface area is 259 Å². The highest BCUT2D eigenvalue weighted by Gasteiger charge is 2.53. The minimum Gasteiger partial charge on any atom is -0.459 e. The quantitative estimate of drug-likeness (QED) is 0.254. The van der Waals surface area contributed by atoms with Gasteiger partial charge < -0.3 is 45.2 Å². The second kappa shape index (κ2) is 13.7. The highest BCUT2D eigenvalue weighted by Crippen LogP contribution is 2.45. The van der Waals surface area contributed by atoms with Crippen LogP contribution in [0.1, 0.15) is 102 Å². The summed E-state index contributed by atoms with van der Waals surface area (Å²) < 4.78 is 18.1. The summed E-state index contributed by atoms with van der Waals surface area (Å²) in [5.41, 5.74) is -5.22. The van der Waals surface area contributed by atoms with E-state index in [1.165, 1.54) is 14.0 Å². The maximum Gasteiger partial charge on any atom is 0.309 e. The smallest absolute Gasteiger partial charge is 0.309 e. The van der Waals surface area contributed by atoms with Gasteiger partial charge in [-0.25, -0.2) is 0 Å². The number of rotatable bonds is 5. The molecule has 6 N–H and O–H groups in total. The van der Waals surface area contributed by atoms with Gasteiger partial charge in [-0.1, -0.05) is 34.6 Å². The molecule has 10 heteroatoms. The van der Waals surface area contributed by atoms with Crippen molar-refractivity contribution in [2.75, 3.05) is 7.11 Å². The number of nitrogens with one attached hydrogen (secondary N) is 1. The molecule has 252 valence electrons. The van der Waals surface area contributed by atoms with E-state index < -0.39 is 88.5 Å². The van der Waals surface area contributed by atoms with Gasteiger partial charge >= 0.3 is 5.97 Å². The summed E-state index contributed by atoms with van der Waals surface area (Å²) in [7, 11) is 1.54. The fourth-order valence-corrected chi connectivity index (χ4v) is 7.70. The van der Waals surface area contributed by atoms with Crippen LogP contribution in [-0.2, 0) is 19.0 Å². The highest BCUT2D eigenvalue weighted by atomic mass is 16.6. The van der Waals surface area contributed by atoms with Crippen LogP contribution in [0, 0.1) is 40.9 Å². The molecule has 10 nitrogen and oxygen atoms in total. The Morgan fingerprint density at radius 2 is 1.56 bits per heavy atom. The van der Waals surface area contributed by atoms with Crippen molar-refractivity contribution in [3.8, 4) is 0 Å². The molecule has 2 aliphatic heterocycles. The van der Waals surface area contributed by atoms with Crippen molar-refractivity contribution in [3.05, 3.63) is 0 Å². The second-order valence-electron chi connectivity index (χ2n) is 15.1. The summed E-state index contributed by atoms with van der Waals surface area (Å²) in [6, 6.07) is 0. The summed E-state index contributed by atoms with van der Waals surface area (Å²) in [6.07, 6.45) is -3.70. The summed E-state index contributed by atoms with van der Waals surface area (Å²) in [6.45, 7) is 19.1. The lowest BCUT2D eigenvalue weighted by Crippen LogP contribution is -2.60. The maximum absolute atomic E-state index is 13.9. The Bertz CT molecular complexity index is 963. The molecule has 0 aromatic heterocycles. The minimum absolute atomic E-state index is 0.104. The first-order valence-corrected chi connectivity index (χ1v) is 16.0. The molecular weight excluding hydrogens is 554 g/mol. The number of methoxy groups -OCH3 is 1. The van der Waals surface area contributed by atoms with E-state index in [4.69, 9.17) is 19.6 Å². The molecule has 1 unspecified atom stereocenters. The fraction of sp³-hybridized carbons (Fsp3) is 0.939. The molecule has 2 fully saturated rings. The lowest BCUT2D eigenvalue weighted by Gasteiger charge is -2.50. The Morgan fingerprint density at radius 1 is 1.00 bits per heavy atom. The van der Waals surface area contributed by atoms with E-state index in [9.17, 15) is 30.3 Å². The van der Waals surface area contributed by atoms with Gasteiger partial charge in [0, 0.05) is 37.0 Å². The Morgan fingerprint density at radius 3 is 2.05 bits per heavy atom. The van der Waals surface area contributed by atoms with Gasteiger partial charge in [-0.05, 0) is 72.6 Å². The molecule has 2 aliphatic rings. The van der Waals surface area contributed by atoms with Crippen molar-refractivity contribution in [1.29, 1.82) is 5.41 Å². The zero-order valence-corrected chi connectivity index (χ0v) is 28.5. The van der Waals surface area contributed by atoms with E-state index in [1.54, 1.807) is 48.5 Å². The van der Waals surface area contributed by atoms with Crippen molar-refractivity contribution in [3.63, 3.8) is 0 Å². The molecule has 0 bridgehead atoms. The van der Waals surface area contributed by atoms with E-state index in [1.807, 2.05) is 20.8 Å². The predicted molar refractivity (Wildman–Crippen MR) is 165 cm³/mol. The number of carbonyl (C=O) groups excluding carboxylic acids is 1. The van der Waals surface area contributed by atoms with E-state index in [-0.39, 0.29) is 30.9 Å². The molecule has 43 heavy (non-hydrogen) atoms. The van der Waals surface area contributed by atoms with Gasteiger partial charge in [0.1, 0.15) is 17.8 Å². The second-order valence-corrected chi connectivity index (χ2v) is 15.1. The summed E-state index contributed by atoms with van der Waals surface area (Å²) >= 11 is 0. The molecule has 0 aliphatic carbocycles. The third-order valence-corrected chi connectivity index (χ3v) is 11.0. The molecule has 2 rings (SSSR count). The molecule has 14 atom stereocenters. The van der Waals surface area contributed by atoms with Gasteiger partial charge in [-0.2, -0.15) is 0 Å². The van der Waals surface area contributed by atoms with E-state index in [2.05, 4.69) is 0 Å². The molecule has 0 aromatic carbocycles. The van der Waals surface area contributed by atoms with Crippen LogP contribution in [0.5, 0.6) is 0 Å². The maximum atomic E-state index is 13.9. The predicted octanol–water partition coefficient (Wildman–Crippen LogP) is 3.48. The van der Waals surface area contributed by atoms with Gasteiger partial charge in [0.2, 0.25) is 0 Å². The number of ether oxygens (including phenoxy) is 3. The Balaban J connectivity index is 2.73. The van der Waals surface area contributed by atoms with Gasteiger partial charge in [0.25, 0.3) is 0 Å². The Kier molecular flexibility index (Phi) is 12.1. The average molecular weight is 616 g/mol. The molecule has 0 amide bonds. The zero-order chi connectivity index (χ0) is 33.5. The van der Waals surface area contributed by atoms with Crippen molar-refractivity contribution in [2.45, 2.75) is 155 Å². The van der Waals surface area contributed by atoms with E-state index in [0.29, 0.717) is 6.42 Å². The van der Waals surface area contributed by atoms with Gasteiger partial charge in [-0.15, -0.1) is 0 Å². The van der Waals surface area contributed by atoms with Crippen molar-refractivity contribution >= 4 is 11.7 Å². The molecule has 0 aromatic rings. The zero-order valence-electron chi connectivity index (χ0n) is 28.5. The third kappa shape index (κ3) is 8.18. The topological polar surface area (TPSA) is 170 Å². The molecule has 2 saturated heterocycles. The number of aliphatic hydroxyl groups excluding tert-OH is 2. The molecule has 0 spiro atoms. The lowest BCUT2D eigenvalue weighted by molar-refractivity contribution is -0.236. The number of hydrogen-bond donors (Lipinski definition) is 6. The van der Waals surface area contributed by atoms with E-state index in [0.717, 1.165) is 0 Å². The monoisotopic (exact) mass is 615 g/mol. The first-order chi connectivity index (χ1) is 19.4. The van der Waals surface area contributed by atoms with Crippen LogP contribution in [0.4, 0.5) is 0 Å². The van der Waals surface area contributed by atoms with Gasteiger partial charge in [0.15, 0.2) is 0 Å². The van der Waals surface area contributed by atoms with Crippen LogP contribution in [0.25, 0.3) is 0 Å². The van der Waals surface area contributed by atoms with Crippen LogP contribution >= 0.6 is 0 Å². The largest absolute Gasteiger partial charge is 0.459 e. The van der Waals surface area contributed by atoms with Gasteiger partial charge in [0.05, 0.1) is 41.0 Å². The fourth-order valence-electron chi connectivity index (χ4n) is 7.70. The van der Waals surface area contributed by atoms with Crippen molar-refractivity contribution in [1.82, 2.24) is 0 Å². The summed E-state index contributed by atoms with van der Waals surface area (Å²) in [5, 5.41) is 65.8. The third-order valence-electron chi connectivity index (χ3n) is 11.0. The molecular formula is C33H61NO9. The van der Waals surface area contributed by atoms with Crippen LogP contribution in [0.3, 0.4) is 0 Å². The molecule has 0 saturated carbocycles. The number of cyclic esters (lactones) is 1. The summed E-state index contributed by atoms with van der Waals surface area (Å²) in [5.74, 6) is -3.96. The Hall–Kier alpha value is -1.14. The molecule has 2 heterocycles. The first kappa shape index (κ1) is 38.0. The van der Waals surface area contributed by atoms with Crippen LogP contribution in [0.2, 0.25) is 0 Å². The van der Waals surface area contributed by atoms with Crippen LogP contribution < -0.4 is 0 Å². The molecule has 0 radical (unpaired) electrons. The van der Waals surface area contributed by atoms with Gasteiger partial charge in [-0.3, -0.25) is 4.79 Å². The summed E-state index contributed by atoms with van der Waals surface area (Å²) in [4.78, 5) is 13.9. The van der Waals surface area contributed by atoms with Crippen LogP contribution in [-0.4, -0.2) is 97.2 Å². The SMILES string of the molecule is CC[C@H]1OC(=O)[C@H](C)C([C@H]2C[C@@](C)(OC)[C@@H](O)[C@H](C)O2)[C@H](C)[C@@H](C)[C@](C)(O)C[C@@H](CC(C)(C)O)C(=N)[C@H](C)[C@@H](O)[C@]1(C)O. The van der Waals surface area contributed by atoms with Crippen molar-refractivity contribution < 1.29 is 44.5 Å². The number of aliphatic hydroxyl groups is 5. The number of hydrogen-bond acceptors (Lipinski definition) is 10. The standard InChI is InChI=1S/C33H61NO9/c1-13-24-33(11,40)27(35)19(4)26(34)22(14-30(7,8)38)15-31(9,39)20(5)17(2)25(18(3)29(37)43-24)23-16-32(10,41-12)28(36)21(6)42-23/h17-25,27-28,34-36,38-40H,13-16H2,1-12H3/t17-,18-,19+,20-,21+,22-,23-,24-,25?,27-,28+,31-,32-,33-/m1/s1. The lowest BCUT2D eigenvalue weighted by atomic mass is 9.64. The first-order valence-electron chi connectivity index (χ1n) is 16.0.